The highest BCUT2D eigenvalue weighted by Crippen LogP contribution is 2.11. The quantitative estimate of drug-likeness (QED) is 0.606. The Labute approximate surface area is 70.1 Å². The molecule has 58 valence electrons. The number of rotatable bonds is 3. The fraction of sp³-hybridized carbons (Fsp3) is 0.111. The van der Waals surface area contributed by atoms with E-state index < -0.39 is 0 Å². The summed E-state index contributed by atoms with van der Waals surface area (Å²) in [6.07, 6.45) is 2.68. The molecule has 2 heteroatoms. The highest BCUT2D eigenvalue weighted by Gasteiger charge is 1.89. The molecule has 0 bridgehead atoms. The van der Waals surface area contributed by atoms with E-state index >= 15 is 0 Å². The molecule has 1 aromatic carbocycles. The van der Waals surface area contributed by atoms with Gasteiger partial charge in [0, 0.05) is 0 Å². The molecule has 0 aliphatic rings. The van der Waals surface area contributed by atoms with Gasteiger partial charge in [0.05, 0.1) is 16.5 Å². The standard InChI is InChI=1S/C9H12OSi/c1-2-8-3-5-9(6-4-8)10-7-11/h2-6H,1,7H2,11H3. The van der Waals surface area contributed by atoms with Crippen LogP contribution in [0.15, 0.2) is 30.8 Å². The van der Waals surface area contributed by atoms with E-state index in [1.54, 1.807) is 0 Å². The Bertz CT molecular complexity index is 228. The van der Waals surface area contributed by atoms with E-state index in [2.05, 4.69) is 6.58 Å². The molecule has 1 aromatic rings. The van der Waals surface area contributed by atoms with Crippen LogP contribution in [0, 0.1) is 0 Å². The molecule has 0 amide bonds. The molecule has 1 nitrogen and oxygen atoms in total. The summed E-state index contributed by atoms with van der Waals surface area (Å²) >= 11 is 0. The Morgan fingerprint density at radius 3 is 2.45 bits per heavy atom. The zero-order chi connectivity index (χ0) is 8.10. The van der Waals surface area contributed by atoms with Gasteiger partial charge in [0.1, 0.15) is 5.75 Å². The van der Waals surface area contributed by atoms with Gasteiger partial charge in [-0.3, -0.25) is 0 Å². The second-order valence-electron chi connectivity index (χ2n) is 2.21. The molecule has 11 heavy (non-hydrogen) atoms. The minimum absolute atomic E-state index is 0.855. The van der Waals surface area contributed by atoms with Crippen LogP contribution in [-0.2, 0) is 0 Å². The lowest BCUT2D eigenvalue weighted by Crippen LogP contribution is -1.94. The number of benzene rings is 1. The van der Waals surface area contributed by atoms with Crippen LogP contribution < -0.4 is 4.74 Å². The van der Waals surface area contributed by atoms with Gasteiger partial charge in [0.25, 0.3) is 0 Å². The van der Waals surface area contributed by atoms with Gasteiger partial charge in [-0.15, -0.1) is 0 Å². The third kappa shape index (κ3) is 2.24. The Kier molecular flexibility index (Phi) is 2.92. The Hall–Kier alpha value is -1.02. The van der Waals surface area contributed by atoms with Crippen LogP contribution >= 0.6 is 0 Å². The van der Waals surface area contributed by atoms with Gasteiger partial charge in [0.2, 0.25) is 0 Å². The lowest BCUT2D eigenvalue weighted by Gasteiger charge is -2.01. The third-order valence-electron chi connectivity index (χ3n) is 1.43. The average Bonchev–Trinajstić information content (AvgIpc) is 2.07. The second kappa shape index (κ2) is 3.98. The molecule has 0 N–H and O–H groups in total. The lowest BCUT2D eigenvalue weighted by molar-refractivity contribution is 0.387. The SMILES string of the molecule is C=Cc1ccc(OC[SiH3])cc1. The molecule has 0 unspecified atom stereocenters. The molecule has 0 aliphatic heterocycles. The first kappa shape index (κ1) is 8.08. The van der Waals surface area contributed by atoms with Gasteiger partial charge in [-0.25, -0.2) is 0 Å². The van der Waals surface area contributed by atoms with Crippen molar-refractivity contribution in [3.63, 3.8) is 0 Å². The Morgan fingerprint density at radius 2 is 2.00 bits per heavy atom. The van der Waals surface area contributed by atoms with E-state index in [1.165, 1.54) is 0 Å². The van der Waals surface area contributed by atoms with Crippen LogP contribution in [0.25, 0.3) is 6.08 Å². The first-order valence-corrected chi connectivity index (χ1v) is 5.13. The minimum atomic E-state index is 0.855. The zero-order valence-electron chi connectivity index (χ0n) is 6.71. The number of hydrogen-bond acceptors (Lipinski definition) is 1. The molecule has 0 fully saturated rings. The van der Waals surface area contributed by atoms with E-state index in [0.29, 0.717) is 0 Å². The highest BCUT2D eigenvalue weighted by molar-refractivity contribution is 6.08. The fourth-order valence-electron chi connectivity index (χ4n) is 0.867. The van der Waals surface area contributed by atoms with Crippen molar-refractivity contribution < 1.29 is 4.74 Å². The maximum absolute atomic E-state index is 5.33. The topological polar surface area (TPSA) is 9.23 Å². The summed E-state index contributed by atoms with van der Waals surface area (Å²) in [6, 6.07) is 7.93. The Balaban J connectivity index is 2.74. The van der Waals surface area contributed by atoms with Crippen LogP contribution in [0.4, 0.5) is 0 Å². The van der Waals surface area contributed by atoms with E-state index in [0.717, 1.165) is 27.8 Å². The number of ether oxygens (including phenoxy) is 1. The van der Waals surface area contributed by atoms with Gasteiger partial charge >= 0.3 is 0 Å². The van der Waals surface area contributed by atoms with Crippen molar-refractivity contribution in [1.29, 1.82) is 0 Å². The Morgan fingerprint density at radius 1 is 1.36 bits per heavy atom. The van der Waals surface area contributed by atoms with Crippen LogP contribution in [0.2, 0.25) is 0 Å². The van der Waals surface area contributed by atoms with Gasteiger partial charge in [0.15, 0.2) is 0 Å². The first-order chi connectivity index (χ1) is 5.36. The van der Waals surface area contributed by atoms with Gasteiger partial charge < -0.3 is 4.74 Å². The normalized spacial score (nSPS) is 9.45. The van der Waals surface area contributed by atoms with Gasteiger partial charge in [-0.05, 0) is 17.7 Å². The smallest absolute Gasteiger partial charge is 0.118 e. The summed E-state index contributed by atoms with van der Waals surface area (Å²) in [5.41, 5.74) is 1.13. The second-order valence-corrected chi connectivity index (χ2v) is 2.78. The third-order valence-corrected chi connectivity index (χ3v) is 1.72. The zero-order valence-corrected chi connectivity index (χ0v) is 8.71. The summed E-state index contributed by atoms with van der Waals surface area (Å²) in [5.74, 6) is 0.950. The fourth-order valence-corrected chi connectivity index (χ4v) is 1.20. The molecule has 0 radical (unpaired) electrons. The van der Waals surface area contributed by atoms with Crippen molar-refractivity contribution in [1.82, 2.24) is 0 Å². The molecule has 1 rings (SSSR count). The molecule has 0 atom stereocenters. The largest absolute Gasteiger partial charge is 0.498 e. The molecule has 0 spiro atoms. The van der Waals surface area contributed by atoms with E-state index in [4.69, 9.17) is 4.74 Å². The minimum Gasteiger partial charge on any atom is -0.498 e. The molecule has 0 aliphatic carbocycles. The summed E-state index contributed by atoms with van der Waals surface area (Å²) in [6.45, 7) is 3.67. The van der Waals surface area contributed by atoms with Crippen molar-refractivity contribution in [2.75, 3.05) is 6.23 Å². The van der Waals surface area contributed by atoms with Gasteiger partial charge in [-0.1, -0.05) is 24.8 Å². The molecule has 0 saturated heterocycles. The predicted molar refractivity (Wildman–Crippen MR) is 52.0 cm³/mol. The van der Waals surface area contributed by atoms with Crippen molar-refractivity contribution in [3.05, 3.63) is 36.4 Å². The van der Waals surface area contributed by atoms with Crippen LogP contribution in [0.1, 0.15) is 5.56 Å². The van der Waals surface area contributed by atoms with Gasteiger partial charge in [-0.2, -0.15) is 0 Å². The summed E-state index contributed by atoms with van der Waals surface area (Å²) < 4.78 is 5.33. The average molecular weight is 164 g/mol. The monoisotopic (exact) mass is 164 g/mol. The molecule has 0 saturated carbocycles. The maximum atomic E-state index is 5.33. The summed E-state index contributed by atoms with van der Waals surface area (Å²) in [7, 11) is 1.08. The molecule has 0 aromatic heterocycles. The summed E-state index contributed by atoms with van der Waals surface area (Å²) in [4.78, 5) is 0. The summed E-state index contributed by atoms with van der Waals surface area (Å²) in [5, 5.41) is 0. The van der Waals surface area contributed by atoms with E-state index in [-0.39, 0.29) is 0 Å². The van der Waals surface area contributed by atoms with Crippen LogP contribution in [0.5, 0.6) is 5.75 Å². The predicted octanol–water partition coefficient (Wildman–Crippen LogP) is 1.03. The molecular formula is C9H12OSi. The highest BCUT2D eigenvalue weighted by atomic mass is 28.1. The van der Waals surface area contributed by atoms with Crippen LogP contribution in [-0.4, -0.2) is 16.5 Å². The van der Waals surface area contributed by atoms with Crippen molar-refractivity contribution in [2.24, 2.45) is 0 Å². The molecule has 0 heterocycles. The van der Waals surface area contributed by atoms with Crippen molar-refractivity contribution in [2.45, 2.75) is 0 Å². The van der Waals surface area contributed by atoms with Crippen molar-refractivity contribution >= 4 is 16.3 Å². The van der Waals surface area contributed by atoms with Crippen molar-refractivity contribution in [3.8, 4) is 5.75 Å². The molecular weight excluding hydrogens is 152 g/mol. The van der Waals surface area contributed by atoms with E-state index in [1.807, 2.05) is 30.3 Å². The lowest BCUT2D eigenvalue weighted by atomic mass is 10.2. The van der Waals surface area contributed by atoms with Crippen LogP contribution in [0.3, 0.4) is 0 Å². The van der Waals surface area contributed by atoms with E-state index in [9.17, 15) is 0 Å². The first-order valence-electron chi connectivity index (χ1n) is 3.72. The number of hydrogen-bond donors (Lipinski definition) is 0. The maximum Gasteiger partial charge on any atom is 0.118 e.